The van der Waals surface area contributed by atoms with Crippen LogP contribution in [0.3, 0.4) is 0 Å². The molecule has 4 heteroatoms. The fraction of sp³-hybridized carbons (Fsp3) is 0.294. The topological polar surface area (TPSA) is 44.5 Å². The van der Waals surface area contributed by atoms with Crippen LogP contribution in [0.5, 0.6) is 11.5 Å². The Bertz CT molecular complexity index is 587. The molecule has 0 spiro atoms. The van der Waals surface area contributed by atoms with Crippen LogP contribution < -0.4 is 15.2 Å². The molecule has 3 nitrogen and oxygen atoms in total. The molecule has 0 amide bonds. The third-order valence-electron chi connectivity index (χ3n) is 3.20. The number of ether oxygens (including phenoxy) is 2. The van der Waals surface area contributed by atoms with Gasteiger partial charge in [0.05, 0.1) is 7.11 Å². The van der Waals surface area contributed by atoms with Gasteiger partial charge in [0.2, 0.25) is 0 Å². The van der Waals surface area contributed by atoms with Crippen LogP contribution in [0.25, 0.3) is 0 Å². The van der Waals surface area contributed by atoms with Gasteiger partial charge in [0, 0.05) is 10.6 Å². The molecule has 0 aromatic heterocycles. The fourth-order valence-corrected chi connectivity index (χ4v) is 2.30. The lowest BCUT2D eigenvalue weighted by molar-refractivity contribution is 0.296. The van der Waals surface area contributed by atoms with E-state index in [9.17, 15) is 0 Å². The lowest BCUT2D eigenvalue weighted by Gasteiger charge is -2.12. The minimum Gasteiger partial charge on any atom is -0.496 e. The summed E-state index contributed by atoms with van der Waals surface area (Å²) >= 11 is 5.95. The third-order valence-corrected chi connectivity index (χ3v) is 3.44. The van der Waals surface area contributed by atoms with Crippen LogP contribution in [0.2, 0.25) is 5.02 Å². The Morgan fingerprint density at radius 3 is 2.71 bits per heavy atom. The summed E-state index contributed by atoms with van der Waals surface area (Å²) in [7, 11) is 1.66. The second-order valence-corrected chi connectivity index (χ2v) is 5.22. The molecular weight excluding hydrogens is 286 g/mol. The predicted molar refractivity (Wildman–Crippen MR) is 86.2 cm³/mol. The Morgan fingerprint density at radius 1 is 1.14 bits per heavy atom. The minimum absolute atomic E-state index is 0.444. The number of rotatable bonds is 7. The maximum absolute atomic E-state index is 5.95. The van der Waals surface area contributed by atoms with E-state index in [4.69, 9.17) is 26.8 Å². The second-order valence-electron chi connectivity index (χ2n) is 4.78. The molecule has 2 aromatic rings. The lowest BCUT2D eigenvalue weighted by Crippen LogP contribution is -2.03. The zero-order valence-corrected chi connectivity index (χ0v) is 12.9. The van der Waals surface area contributed by atoms with Gasteiger partial charge in [-0.25, -0.2) is 0 Å². The average molecular weight is 306 g/mol. The van der Waals surface area contributed by atoms with Crippen LogP contribution in [-0.2, 0) is 13.0 Å². The highest BCUT2D eigenvalue weighted by molar-refractivity contribution is 6.30. The lowest BCUT2D eigenvalue weighted by atomic mass is 10.1. The molecule has 2 aromatic carbocycles. The Kier molecular flexibility index (Phi) is 5.90. The van der Waals surface area contributed by atoms with Crippen molar-refractivity contribution in [2.45, 2.75) is 19.4 Å². The van der Waals surface area contributed by atoms with Gasteiger partial charge in [-0.05, 0) is 55.3 Å². The number of aryl methyl sites for hydroxylation is 1. The van der Waals surface area contributed by atoms with Crippen molar-refractivity contribution in [3.63, 3.8) is 0 Å². The summed E-state index contributed by atoms with van der Waals surface area (Å²) in [6, 6.07) is 13.5. The Balaban J connectivity index is 2.09. The van der Waals surface area contributed by atoms with E-state index in [-0.39, 0.29) is 0 Å². The molecule has 0 heterocycles. The number of benzene rings is 2. The normalized spacial score (nSPS) is 10.4. The van der Waals surface area contributed by atoms with Crippen LogP contribution >= 0.6 is 11.6 Å². The second kappa shape index (κ2) is 7.91. The highest BCUT2D eigenvalue weighted by Gasteiger charge is 2.06. The van der Waals surface area contributed by atoms with Crippen molar-refractivity contribution in [2.75, 3.05) is 13.7 Å². The van der Waals surface area contributed by atoms with E-state index < -0.39 is 0 Å². The summed E-state index contributed by atoms with van der Waals surface area (Å²) in [4.78, 5) is 0. The molecule has 0 aliphatic rings. The van der Waals surface area contributed by atoms with E-state index in [1.807, 2.05) is 24.3 Å². The number of methoxy groups -OCH3 is 1. The summed E-state index contributed by atoms with van der Waals surface area (Å²) in [5.41, 5.74) is 7.82. The minimum atomic E-state index is 0.444. The zero-order valence-electron chi connectivity index (χ0n) is 12.1. The van der Waals surface area contributed by atoms with Crippen molar-refractivity contribution in [1.82, 2.24) is 0 Å². The van der Waals surface area contributed by atoms with Crippen molar-refractivity contribution < 1.29 is 9.47 Å². The Morgan fingerprint density at radius 2 is 2.00 bits per heavy atom. The first-order chi connectivity index (χ1) is 10.2. The van der Waals surface area contributed by atoms with E-state index in [1.165, 1.54) is 5.56 Å². The van der Waals surface area contributed by atoms with Crippen molar-refractivity contribution in [3.05, 3.63) is 58.6 Å². The number of hydrogen-bond donors (Lipinski definition) is 1. The van der Waals surface area contributed by atoms with Crippen LogP contribution in [0.1, 0.15) is 17.5 Å². The number of halogens is 1. The first kappa shape index (κ1) is 15.7. The fourth-order valence-electron chi connectivity index (χ4n) is 2.12. The van der Waals surface area contributed by atoms with Gasteiger partial charge in [-0.15, -0.1) is 0 Å². The molecule has 0 saturated heterocycles. The molecule has 2 N–H and O–H groups in total. The van der Waals surface area contributed by atoms with Crippen molar-refractivity contribution in [3.8, 4) is 11.5 Å². The van der Waals surface area contributed by atoms with Gasteiger partial charge in [0.25, 0.3) is 0 Å². The van der Waals surface area contributed by atoms with Crippen LogP contribution in [0, 0.1) is 0 Å². The van der Waals surface area contributed by atoms with Gasteiger partial charge in [0.1, 0.15) is 18.1 Å². The standard InChI is InChI=1S/C17H20ClNO2/c1-20-17-8-7-13(4-3-9-19)10-14(17)12-21-16-6-2-5-15(18)11-16/h2,5-8,10-11H,3-4,9,12,19H2,1H3. The molecule has 0 aliphatic carbocycles. The predicted octanol–water partition coefficient (Wildman–Crippen LogP) is 3.82. The van der Waals surface area contributed by atoms with Crippen molar-refractivity contribution >= 4 is 11.6 Å². The summed E-state index contributed by atoms with van der Waals surface area (Å²) in [5, 5.41) is 0.663. The molecule has 0 radical (unpaired) electrons. The zero-order chi connectivity index (χ0) is 15.1. The molecular formula is C17H20ClNO2. The van der Waals surface area contributed by atoms with E-state index in [0.29, 0.717) is 18.2 Å². The molecule has 112 valence electrons. The van der Waals surface area contributed by atoms with Gasteiger partial charge in [-0.3, -0.25) is 0 Å². The quantitative estimate of drug-likeness (QED) is 0.846. The van der Waals surface area contributed by atoms with Gasteiger partial charge in [0.15, 0.2) is 0 Å². The smallest absolute Gasteiger partial charge is 0.125 e. The summed E-state index contributed by atoms with van der Waals surface area (Å²) in [5.74, 6) is 1.57. The molecule has 0 bridgehead atoms. The van der Waals surface area contributed by atoms with Crippen LogP contribution in [0.4, 0.5) is 0 Å². The first-order valence-corrected chi connectivity index (χ1v) is 7.35. The monoisotopic (exact) mass is 305 g/mol. The van der Waals surface area contributed by atoms with E-state index in [1.54, 1.807) is 13.2 Å². The molecule has 0 saturated carbocycles. The highest BCUT2D eigenvalue weighted by Crippen LogP contribution is 2.24. The Labute approximate surface area is 130 Å². The molecule has 2 rings (SSSR count). The van der Waals surface area contributed by atoms with Crippen LogP contribution in [0.15, 0.2) is 42.5 Å². The maximum Gasteiger partial charge on any atom is 0.125 e. The first-order valence-electron chi connectivity index (χ1n) is 6.97. The molecule has 0 atom stereocenters. The Hall–Kier alpha value is -1.71. The summed E-state index contributed by atoms with van der Waals surface area (Å²) in [6.45, 7) is 1.14. The van der Waals surface area contributed by atoms with E-state index in [2.05, 4.69) is 12.1 Å². The number of nitrogens with two attached hydrogens (primary N) is 1. The molecule has 0 aliphatic heterocycles. The maximum atomic E-state index is 5.95. The summed E-state index contributed by atoms with van der Waals surface area (Å²) in [6.07, 6.45) is 1.94. The number of hydrogen-bond acceptors (Lipinski definition) is 3. The highest BCUT2D eigenvalue weighted by atomic mass is 35.5. The molecule has 0 unspecified atom stereocenters. The average Bonchev–Trinajstić information content (AvgIpc) is 2.51. The summed E-state index contributed by atoms with van der Waals surface area (Å²) < 4.78 is 11.2. The van der Waals surface area contributed by atoms with Crippen LogP contribution in [-0.4, -0.2) is 13.7 Å². The van der Waals surface area contributed by atoms with Crippen molar-refractivity contribution in [2.24, 2.45) is 5.73 Å². The van der Waals surface area contributed by atoms with Crippen molar-refractivity contribution in [1.29, 1.82) is 0 Å². The van der Waals surface area contributed by atoms with Gasteiger partial charge in [-0.1, -0.05) is 23.7 Å². The molecule has 21 heavy (non-hydrogen) atoms. The van der Waals surface area contributed by atoms with Gasteiger partial charge >= 0.3 is 0 Å². The van der Waals surface area contributed by atoms with E-state index in [0.717, 1.165) is 29.9 Å². The van der Waals surface area contributed by atoms with E-state index >= 15 is 0 Å². The third kappa shape index (κ3) is 4.66. The molecule has 0 fully saturated rings. The largest absolute Gasteiger partial charge is 0.496 e. The SMILES string of the molecule is COc1ccc(CCCN)cc1COc1cccc(Cl)c1. The van der Waals surface area contributed by atoms with Gasteiger partial charge in [-0.2, -0.15) is 0 Å². The van der Waals surface area contributed by atoms with Gasteiger partial charge < -0.3 is 15.2 Å².